The lowest BCUT2D eigenvalue weighted by molar-refractivity contribution is 0.110. The lowest BCUT2D eigenvalue weighted by Gasteiger charge is -2.14. The van der Waals surface area contributed by atoms with Gasteiger partial charge in [0.15, 0.2) is 12.0 Å². The summed E-state index contributed by atoms with van der Waals surface area (Å²) in [5.41, 5.74) is 0.964. The van der Waals surface area contributed by atoms with Gasteiger partial charge in [0.2, 0.25) is 5.43 Å². The maximum absolute atomic E-state index is 12.4. The average Bonchev–Trinajstić information content (AvgIpc) is 2.92. The Morgan fingerprint density at radius 1 is 0.730 bits per heavy atom. The van der Waals surface area contributed by atoms with E-state index < -0.39 is 0 Å². The highest BCUT2D eigenvalue weighted by molar-refractivity contribution is 5.76. The summed E-state index contributed by atoms with van der Waals surface area (Å²) in [4.78, 5) is 24.2. The minimum absolute atomic E-state index is 0.129. The van der Waals surface area contributed by atoms with Crippen LogP contribution in [0.2, 0.25) is 0 Å². The summed E-state index contributed by atoms with van der Waals surface area (Å²) in [5, 5.41) is 0. The van der Waals surface area contributed by atoms with E-state index in [0.717, 1.165) is 30.4 Å². The number of aryl methyl sites for hydroxylation is 1. The molecule has 0 aliphatic carbocycles. The van der Waals surface area contributed by atoms with Crippen molar-refractivity contribution in [3.8, 4) is 11.5 Å². The molecule has 0 N–H and O–H groups in total. The van der Waals surface area contributed by atoms with Crippen molar-refractivity contribution >= 4 is 6.29 Å². The molecule has 0 radical (unpaired) electrons. The smallest absolute Gasteiger partial charge is 0.224 e. The molecule has 0 saturated carbocycles. The summed E-state index contributed by atoms with van der Waals surface area (Å²) in [5.74, 6) is 0.892. The van der Waals surface area contributed by atoms with Crippen LogP contribution in [0.25, 0.3) is 0 Å². The van der Waals surface area contributed by atoms with Crippen molar-refractivity contribution in [2.24, 2.45) is 0 Å². The maximum atomic E-state index is 12.4. The van der Waals surface area contributed by atoms with Crippen LogP contribution in [-0.4, -0.2) is 18.0 Å². The number of nitrogens with zero attached hydrogens (tertiary/aromatic N) is 1. The molecule has 1 heterocycles. The Morgan fingerprint density at radius 3 is 1.73 bits per heavy atom. The Hall–Kier alpha value is -2.56. The first kappa shape index (κ1) is 30.7. The van der Waals surface area contributed by atoms with Crippen LogP contribution in [0.15, 0.2) is 41.3 Å². The summed E-state index contributed by atoms with van der Waals surface area (Å²) >= 11 is 0. The summed E-state index contributed by atoms with van der Waals surface area (Å²) in [6.45, 7) is 3.21. The number of rotatable bonds is 22. The molecule has 0 saturated heterocycles. The number of benzene rings is 1. The van der Waals surface area contributed by atoms with E-state index in [1.807, 2.05) is 28.8 Å². The van der Waals surface area contributed by atoms with Crippen molar-refractivity contribution in [1.82, 2.24) is 4.57 Å². The van der Waals surface area contributed by atoms with Gasteiger partial charge in [-0.3, -0.25) is 9.59 Å². The summed E-state index contributed by atoms with van der Waals surface area (Å²) in [7, 11) is 1.62. The molecule has 0 unspecified atom stereocenters. The van der Waals surface area contributed by atoms with Crippen molar-refractivity contribution in [1.29, 1.82) is 0 Å². The first-order valence-electron chi connectivity index (χ1n) is 14.6. The molecule has 5 nitrogen and oxygen atoms in total. The van der Waals surface area contributed by atoms with E-state index >= 15 is 0 Å². The molecule has 0 spiro atoms. The first-order valence-corrected chi connectivity index (χ1v) is 14.6. The van der Waals surface area contributed by atoms with Gasteiger partial charge in [0.05, 0.1) is 7.11 Å². The van der Waals surface area contributed by atoms with E-state index in [-0.39, 0.29) is 17.8 Å². The van der Waals surface area contributed by atoms with Crippen LogP contribution in [0, 0.1) is 0 Å². The van der Waals surface area contributed by atoms with E-state index in [0.29, 0.717) is 12.2 Å². The minimum Gasteiger partial charge on any atom is -0.497 e. The van der Waals surface area contributed by atoms with Crippen LogP contribution in [0.5, 0.6) is 11.5 Å². The number of carbonyl (C=O) groups is 1. The second kappa shape index (κ2) is 19.5. The zero-order valence-corrected chi connectivity index (χ0v) is 23.3. The van der Waals surface area contributed by atoms with Gasteiger partial charge < -0.3 is 14.0 Å². The lowest BCUT2D eigenvalue weighted by atomic mass is 10.0. The highest BCUT2D eigenvalue weighted by atomic mass is 16.5. The molecule has 1 aromatic heterocycles. The van der Waals surface area contributed by atoms with Crippen LogP contribution >= 0.6 is 0 Å². The standard InChI is InChI=1S/C32H49NO4/c1-3-4-5-6-7-8-9-10-11-12-13-14-15-16-17-18-24-33-25-23-31(35)32(30(33)26-34)37-27-28-19-21-29(36-2)22-20-28/h19-23,25-26H,3-18,24,27H2,1-2H3. The zero-order valence-electron chi connectivity index (χ0n) is 23.3. The Morgan fingerprint density at radius 2 is 1.24 bits per heavy atom. The predicted octanol–water partition coefficient (Wildman–Crippen LogP) is 8.51. The number of ether oxygens (including phenoxy) is 2. The number of carbonyl (C=O) groups excluding carboxylic acids is 1. The fourth-order valence-corrected chi connectivity index (χ4v) is 4.74. The van der Waals surface area contributed by atoms with Gasteiger partial charge in [-0.1, -0.05) is 115 Å². The number of pyridine rings is 1. The number of aromatic nitrogens is 1. The molecule has 1 aromatic carbocycles. The highest BCUT2D eigenvalue weighted by Crippen LogP contribution is 2.18. The van der Waals surface area contributed by atoms with Gasteiger partial charge in [0.25, 0.3) is 0 Å². The van der Waals surface area contributed by atoms with Crippen molar-refractivity contribution in [2.75, 3.05) is 7.11 Å². The number of unbranched alkanes of at least 4 members (excludes halogenated alkanes) is 15. The fraction of sp³-hybridized carbons (Fsp3) is 0.625. The Bertz CT molecular complexity index is 919. The van der Waals surface area contributed by atoms with Crippen LogP contribution in [0.1, 0.15) is 126 Å². The van der Waals surface area contributed by atoms with Crippen molar-refractivity contribution in [2.45, 2.75) is 123 Å². The van der Waals surface area contributed by atoms with Crippen molar-refractivity contribution in [3.63, 3.8) is 0 Å². The topological polar surface area (TPSA) is 57.5 Å². The molecule has 2 aromatic rings. The monoisotopic (exact) mass is 511 g/mol. The van der Waals surface area contributed by atoms with Gasteiger partial charge in [-0.25, -0.2) is 0 Å². The van der Waals surface area contributed by atoms with E-state index in [1.54, 1.807) is 13.3 Å². The number of aldehydes is 1. The molecule has 0 aliphatic heterocycles. The fourth-order valence-electron chi connectivity index (χ4n) is 4.74. The number of hydrogen-bond acceptors (Lipinski definition) is 4. The van der Waals surface area contributed by atoms with Gasteiger partial charge in [-0.2, -0.15) is 0 Å². The van der Waals surface area contributed by atoms with E-state index in [4.69, 9.17) is 9.47 Å². The van der Waals surface area contributed by atoms with Gasteiger partial charge in [-0.05, 0) is 24.1 Å². The second-order valence-corrected chi connectivity index (χ2v) is 10.1. The van der Waals surface area contributed by atoms with Crippen molar-refractivity contribution < 1.29 is 14.3 Å². The molecule has 5 heteroatoms. The summed E-state index contributed by atoms with van der Waals surface area (Å²) < 4.78 is 12.8. The molecule has 0 bridgehead atoms. The van der Waals surface area contributed by atoms with Crippen LogP contribution in [0.3, 0.4) is 0 Å². The van der Waals surface area contributed by atoms with E-state index in [9.17, 15) is 9.59 Å². The molecule has 0 aliphatic rings. The molecular weight excluding hydrogens is 462 g/mol. The molecule has 206 valence electrons. The quantitative estimate of drug-likeness (QED) is 0.117. The maximum Gasteiger partial charge on any atom is 0.224 e. The second-order valence-electron chi connectivity index (χ2n) is 10.1. The summed E-state index contributed by atoms with van der Waals surface area (Å²) in [6.07, 6.45) is 23.7. The van der Waals surface area contributed by atoms with E-state index in [2.05, 4.69) is 6.92 Å². The van der Waals surface area contributed by atoms with Gasteiger partial charge in [0, 0.05) is 18.8 Å². The van der Waals surface area contributed by atoms with Crippen LogP contribution in [0.4, 0.5) is 0 Å². The molecule has 0 fully saturated rings. The summed E-state index contributed by atoms with van der Waals surface area (Å²) in [6, 6.07) is 8.96. The SMILES string of the molecule is CCCCCCCCCCCCCCCCCCn1ccc(=O)c(OCc2ccc(OC)cc2)c1C=O. The largest absolute Gasteiger partial charge is 0.497 e. The lowest BCUT2D eigenvalue weighted by Crippen LogP contribution is -2.17. The number of methoxy groups -OCH3 is 1. The zero-order chi connectivity index (χ0) is 26.6. The van der Waals surface area contributed by atoms with Crippen molar-refractivity contribution in [3.05, 3.63) is 58.0 Å². The normalized spacial score (nSPS) is 11.0. The predicted molar refractivity (Wildman–Crippen MR) is 153 cm³/mol. The first-order chi connectivity index (χ1) is 18.2. The van der Waals surface area contributed by atoms with Gasteiger partial charge in [0.1, 0.15) is 18.1 Å². The minimum atomic E-state index is -0.265. The van der Waals surface area contributed by atoms with Gasteiger partial charge in [-0.15, -0.1) is 0 Å². The Labute approximate surface area is 224 Å². The third-order valence-electron chi connectivity index (χ3n) is 7.08. The average molecular weight is 512 g/mol. The molecule has 37 heavy (non-hydrogen) atoms. The third kappa shape index (κ3) is 12.5. The molecule has 0 amide bonds. The highest BCUT2D eigenvalue weighted by Gasteiger charge is 2.12. The molecule has 2 rings (SSSR count). The molecule has 0 atom stereocenters. The van der Waals surface area contributed by atoms with E-state index in [1.165, 1.54) is 96.0 Å². The van der Waals surface area contributed by atoms with Gasteiger partial charge >= 0.3 is 0 Å². The Kier molecular flexibility index (Phi) is 16.2. The van der Waals surface area contributed by atoms with Crippen LogP contribution < -0.4 is 14.9 Å². The molecular formula is C32H49NO4. The Balaban J connectivity index is 1.59. The number of hydrogen-bond donors (Lipinski definition) is 0. The van der Waals surface area contributed by atoms with Crippen LogP contribution in [-0.2, 0) is 13.2 Å². The third-order valence-corrected chi connectivity index (χ3v) is 7.08.